The molecule has 1 aliphatic carbocycles. The van der Waals surface area contributed by atoms with Crippen LogP contribution in [0.2, 0.25) is 5.02 Å². The predicted molar refractivity (Wildman–Crippen MR) is 93.9 cm³/mol. The van der Waals surface area contributed by atoms with Gasteiger partial charge in [-0.25, -0.2) is 0 Å². The van der Waals surface area contributed by atoms with Crippen molar-refractivity contribution in [2.45, 2.75) is 32.6 Å². The summed E-state index contributed by atoms with van der Waals surface area (Å²) >= 11 is 7.53. The number of thiophene rings is 1. The second kappa shape index (κ2) is 6.31. The van der Waals surface area contributed by atoms with Crippen molar-refractivity contribution in [2.24, 2.45) is 5.92 Å². The average Bonchev–Trinajstić information content (AvgIpc) is 2.81. The highest BCUT2D eigenvalue weighted by atomic mass is 35.5. The van der Waals surface area contributed by atoms with Gasteiger partial charge in [0.1, 0.15) is 0 Å². The van der Waals surface area contributed by atoms with Crippen LogP contribution in [0.1, 0.15) is 40.6 Å². The van der Waals surface area contributed by atoms with Crippen molar-refractivity contribution in [3.05, 3.63) is 45.3 Å². The van der Waals surface area contributed by atoms with E-state index < -0.39 is 0 Å². The molecule has 0 spiro atoms. The molecule has 3 nitrogen and oxygen atoms in total. The molecule has 0 aliphatic heterocycles. The monoisotopic (exact) mass is 334 g/mol. The highest BCUT2D eigenvalue weighted by molar-refractivity contribution is 7.16. The Labute approximate surface area is 139 Å². The standard InChI is InChI=1S/C17H19ClN2OS/c1-2-10-6-7-13-14(8-10)22-16(19)15(13)17(21)20-12-5-3-4-11(18)9-12/h3-5,9-10H,2,6-8,19H2,1H3,(H,20,21)/t10-/m0/s1. The summed E-state index contributed by atoms with van der Waals surface area (Å²) in [5.41, 5.74) is 8.62. The smallest absolute Gasteiger partial charge is 0.258 e. The molecule has 1 amide bonds. The number of anilines is 2. The van der Waals surface area contributed by atoms with Crippen LogP contribution in [0.25, 0.3) is 0 Å². The van der Waals surface area contributed by atoms with Crippen LogP contribution < -0.4 is 11.1 Å². The molecule has 1 atom stereocenters. The summed E-state index contributed by atoms with van der Waals surface area (Å²) in [4.78, 5) is 13.9. The van der Waals surface area contributed by atoms with Crippen LogP contribution in [0.4, 0.5) is 10.7 Å². The topological polar surface area (TPSA) is 55.1 Å². The van der Waals surface area contributed by atoms with Crippen LogP contribution in [0, 0.1) is 5.92 Å². The Morgan fingerprint density at radius 2 is 2.32 bits per heavy atom. The summed E-state index contributed by atoms with van der Waals surface area (Å²) in [5.74, 6) is 0.585. The number of nitrogens with two attached hydrogens (primary N) is 1. The molecule has 116 valence electrons. The first-order valence-corrected chi connectivity index (χ1v) is 8.74. The lowest BCUT2D eigenvalue weighted by Gasteiger charge is -2.21. The summed E-state index contributed by atoms with van der Waals surface area (Å²) in [5, 5.41) is 4.13. The molecule has 0 unspecified atom stereocenters. The van der Waals surface area contributed by atoms with E-state index in [-0.39, 0.29) is 5.91 Å². The van der Waals surface area contributed by atoms with Gasteiger partial charge < -0.3 is 11.1 Å². The molecular formula is C17H19ClN2OS. The molecule has 1 aromatic carbocycles. The molecular weight excluding hydrogens is 316 g/mol. The number of nitrogens with one attached hydrogen (secondary N) is 1. The highest BCUT2D eigenvalue weighted by Crippen LogP contribution is 2.39. The van der Waals surface area contributed by atoms with E-state index in [1.807, 2.05) is 12.1 Å². The van der Waals surface area contributed by atoms with Crippen molar-refractivity contribution in [3.63, 3.8) is 0 Å². The number of hydrogen-bond acceptors (Lipinski definition) is 3. The first-order valence-electron chi connectivity index (χ1n) is 7.55. The van der Waals surface area contributed by atoms with Crippen molar-refractivity contribution in [2.75, 3.05) is 11.1 Å². The van der Waals surface area contributed by atoms with Gasteiger partial charge in [0.2, 0.25) is 0 Å². The normalized spacial score (nSPS) is 17.1. The fourth-order valence-electron chi connectivity index (χ4n) is 3.03. The Morgan fingerprint density at radius 3 is 3.05 bits per heavy atom. The third-order valence-corrected chi connectivity index (χ3v) is 5.60. The van der Waals surface area contributed by atoms with Crippen molar-refractivity contribution >= 4 is 39.5 Å². The highest BCUT2D eigenvalue weighted by Gasteiger charge is 2.27. The molecule has 3 N–H and O–H groups in total. The largest absolute Gasteiger partial charge is 0.390 e. The molecule has 0 bridgehead atoms. The molecule has 2 aromatic rings. The fourth-order valence-corrected chi connectivity index (χ4v) is 4.45. The SMILES string of the molecule is CC[C@H]1CCc2c(sc(N)c2C(=O)Nc2cccc(Cl)c2)C1. The quantitative estimate of drug-likeness (QED) is 0.850. The Balaban J connectivity index is 1.86. The van der Waals surface area contributed by atoms with Gasteiger partial charge >= 0.3 is 0 Å². The number of hydrogen-bond donors (Lipinski definition) is 2. The molecule has 0 saturated carbocycles. The second-order valence-corrected chi connectivity index (χ2v) is 7.30. The Kier molecular flexibility index (Phi) is 4.41. The van der Waals surface area contributed by atoms with Crippen LogP contribution in [0.3, 0.4) is 0 Å². The lowest BCUT2D eigenvalue weighted by atomic mass is 9.85. The van der Waals surface area contributed by atoms with E-state index in [0.29, 0.717) is 21.3 Å². The minimum atomic E-state index is -0.132. The van der Waals surface area contributed by atoms with Gasteiger partial charge in [-0.2, -0.15) is 0 Å². The maximum Gasteiger partial charge on any atom is 0.258 e. The van der Waals surface area contributed by atoms with Gasteiger partial charge in [-0.1, -0.05) is 31.0 Å². The zero-order valence-electron chi connectivity index (χ0n) is 12.5. The summed E-state index contributed by atoms with van der Waals surface area (Å²) < 4.78 is 0. The van der Waals surface area contributed by atoms with Gasteiger partial charge in [-0.15, -0.1) is 11.3 Å². The Morgan fingerprint density at radius 1 is 1.50 bits per heavy atom. The summed E-state index contributed by atoms with van der Waals surface area (Å²) in [7, 11) is 0. The van der Waals surface area contributed by atoms with Gasteiger partial charge in [-0.3, -0.25) is 4.79 Å². The molecule has 0 radical (unpaired) electrons. The number of halogens is 1. The summed E-state index contributed by atoms with van der Waals surface area (Å²) in [6, 6.07) is 7.16. The van der Waals surface area contributed by atoms with Gasteiger partial charge in [0.15, 0.2) is 0 Å². The molecule has 1 aliphatic rings. The molecule has 5 heteroatoms. The molecule has 22 heavy (non-hydrogen) atoms. The minimum Gasteiger partial charge on any atom is -0.390 e. The number of rotatable bonds is 3. The summed E-state index contributed by atoms with van der Waals surface area (Å²) in [6.07, 6.45) is 4.31. The van der Waals surface area contributed by atoms with Gasteiger partial charge in [0.05, 0.1) is 10.6 Å². The van der Waals surface area contributed by atoms with Crippen molar-refractivity contribution in [1.82, 2.24) is 0 Å². The van der Waals surface area contributed by atoms with Gasteiger partial charge in [0.25, 0.3) is 5.91 Å². The maximum atomic E-state index is 12.6. The minimum absolute atomic E-state index is 0.132. The van der Waals surface area contributed by atoms with Crippen LogP contribution in [-0.2, 0) is 12.8 Å². The number of fused-ring (bicyclic) bond motifs is 1. The van der Waals surface area contributed by atoms with Crippen LogP contribution in [0.5, 0.6) is 0 Å². The van der Waals surface area contributed by atoms with Gasteiger partial charge in [0, 0.05) is 15.6 Å². The molecule has 3 rings (SSSR count). The van der Waals surface area contributed by atoms with Crippen molar-refractivity contribution in [1.29, 1.82) is 0 Å². The third kappa shape index (κ3) is 2.99. The van der Waals surface area contributed by atoms with E-state index >= 15 is 0 Å². The van der Waals surface area contributed by atoms with E-state index in [0.717, 1.165) is 30.7 Å². The Bertz CT molecular complexity index is 711. The van der Waals surface area contributed by atoms with Crippen LogP contribution in [0.15, 0.2) is 24.3 Å². The zero-order chi connectivity index (χ0) is 15.7. The number of carbonyl (C=O) groups is 1. The van der Waals surface area contributed by atoms with E-state index in [9.17, 15) is 4.79 Å². The van der Waals surface area contributed by atoms with E-state index in [2.05, 4.69) is 12.2 Å². The van der Waals surface area contributed by atoms with E-state index in [1.165, 1.54) is 11.3 Å². The van der Waals surface area contributed by atoms with Crippen molar-refractivity contribution in [3.8, 4) is 0 Å². The first kappa shape index (κ1) is 15.4. The third-order valence-electron chi connectivity index (χ3n) is 4.28. The second-order valence-electron chi connectivity index (χ2n) is 5.72. The van der Waals surface area contributed by atoms with Gasteiger partial charge in [-0.05, 0) is 48.9 Å². The molecule has 1 heterocycles. The first-order chi connectivity index (χ1) is 10.6. The van der Waals surface area contributed by atoms with E-state index in [4.69, 9.17) is 17.3 Å². The average molecular weight is 335 g/mol. The fraction of sp³-hybridized carbons (Fsp3) is 0.353. The number of amides is 1. The number of carbonyl (C=O) groups excluding carboxylic acids is 1. The predicted octanol–water partition coefficient (Wildman–Crippen LogP) is 4.75. The van der Waals surface area contributed by atoms with E-state index in [1.54, 1.807) is 23.5 Å². The zero-order valence-corrected chi connectivity index (χ0v) is 14.1. The van der Waals surface area contributed by atoms with Crippen LogP contribution in [-0.4, -0.2) is 5.91 Å². The Hall–Kier alpha value is -1.52. The van der Waals surface area contributed by atoms with Crippen LogP contribution >= 0.6 is 22.9 Å². The molecule has 0 saturated heterocycles. The molecule has 1 aromatic heterocycles. The number of nitrogen functional groups attached to an aromatic ring is 1. The number of benzene rings is 1. The van der Waals surface area contributed by atoms with Crippen molar-refractivity contribution < 1.29 is 4.79 Å². The lowest BCUT2D eigenvalue weighted by molar-refractivity contribution is 0.102. The molecule has 0 fully saturated rings. The lowest BCUT2D eigenvalue weighted by Crippen LogP contribution is -2.18. The maximum absolute atomic E-state index is 12.6. The summed E-state index contributed by atoms with van der Waals surface area (Å²) in [6.45, 7) is 2.22.